The Morgan fingerprint density at radius 1 is 1.15 bits per heavy atom. The van der Waals surface area contributed by atoms with Crippen molar-refractivity contribution in [2.24, 2.45) is 5.92 Å². The van der Waals surface area contributed by atoms with Crippen molar-refractivity contribution in [3.8, 4) is 0 Å². The quantitative estimate of drug-likeness (QED) is 0.736. The Labute approximate surface area is 123 Å². The molecule has 0 radical (unpaired) electrons. The average molecular weight is 281 g/mol. The summed E-state index contributed by atoms with van der Waals surface area (Å²) in [5, 5.41) is 3.42. The maximum absolute atomic E-state index is 12.1. The number of carbonyl (C=O) groups excluding carboxylic acids is 1. The van der Waals surface area contributed by atoms with Gasteiger partial charge in [0.25, 0.3) is 0 Å². The highest BCUT2D eigenvalue weighted by molar-refractivity contribution is 5.76. The van der Waals surface area contributed by atoms with Crippen LogP contribution in [0.2, 0.25) is 0 Å². The summed E-state index contributed by atoms with van der Waals surface area (Å²) in [6.07, 6.45) is 5.63. The highest BCUT2D eigenvalue weighted by Crippen LogP contribution is 2.20. The number of nitrogens with zero attached hydrogens (tertiary/aromatic N) is 2. The van der Waals surface area contributed by atoms with E-state index < -0.39 is 0 Å². The number of hydrogen-bond acceptors (Lipinski definition) is 3. The van der Waals surface area contributed by atoms with E-state index in [9.17, 15) is 4.79 Å². The fraction of sp³-hybridized carbons (Fsp3) is 0.938. The molecule has 1 amide bonds. The third-order valence-corrected chi connectivity index (χ3v) is 4.73. The summed E-state index contributed by atoms with van der Waals surface area (Å²) >= 11 is 0. The molecule has 0 aromatic rings. The van der Waals surface area contributed by atoms with Crippen LogP contribution < -0.4 is 5.32 Å². The van der Waals surface area contributed by atoms with Crippen LogP contribution in [0.4, 0.5) is 0 Å². The van der Waals surface area contributed by atoms with Gasteiger partial charge in [0.2, 0.25) is 5.91 Å². The Balaban J connectivity index is 1.61. The number of hydrogen-bond donors (Lipinski definition) is 1. The first kappa shape index (κ1) is 15.8. The van der Waals surface area contributed by atoms with E-state index in [1.807, 2.05) is 0 Å². The molecule has 0 aromatic carbocycles. The maximum Gasteiger partial charge on any atom is 0.223 e. The van der Waals surface area contributed by atoms with Gasteiger partial charge in [-0.25, -0.2) is 0 Å². The fourth-order valence-electron chi connectivity index (χ4n) is 3.04. The largest absolute Gasteiger partial charge is 0.343 e. The normalized spacial score (nSPS) is 20.6. The van der Waals surface area contributed by atoms with E-state index in [1.165, 1.54) is 32.2 Å². The summed E-state index contributed by atoms with van der Waals surface area (Å²) in [6.45, 7) is 10.7. The second kappa shape index (κ2) is 7.99. The van der Waals surface area contributed by atoms with Gasteiger partial charge in [-0.1, -0.05) is 13.8 Å². The van der Waals surface area contributed by atoms with Gasteiger partial charge in [0, 0.05) is 38.6 Å². The van der Waals surface area contributed by atoms with E-state index in [4.69, 9.17) is 0 Å². The number of amides is 1. The summed E-state index contributed by atoms with van der Waals surface area (Å²) < 4.78 is 0. The molecule has 0 aromatic heterocycles. The minimum atomic E-state index is 0.347. The van der Waals surface area contributed by atoms with Crippen molar-refractivity contribution >= 4 is 5.91 Å². The Hall–Kier alpha value is -0.610. The van der Waals surface area contributed by atoms with Gasteiger partial charge in [-0.15, -0.1) is 0 Å². The molecule has 116 valence electrons. The minimum absolute atomic E-state index is 0.347. The highest BCUT2D eigenvalue weighted by atomic mass is 16.2. The van der Waals surface area contributed by atoms with Crippen molar-refractivity contribution in [2.75, 3.05) is 39.3 Å². The molecule has 1 saturated heterocycles. The zero-order valence-corrected chi connectivity index (χ0v) is 13.2. The molecule has 2 rings (SSSR count). The minimum Gasteiger partial charge on any atom is -0.343 e. The number of likely N-dealkylation sites (tertiary alicyclic amines) is 1. The van der Waals surface area contributed by atoms with Gasteiger partial charge in [-0.3, -0.25) is 4.79 Å². The molecular weight excluding hydrogens is 250 g/mol. The molecule has 0 spiro atoms. The van der Waals surface area contributed by atoms with Crippen LogP contribution in [0.15, 0.2) is 0 Å². The van der Waals surface area contributed by atoms with E-state index in [1.54, 1.807) is 0 Å². The monoisotopic (exact) mass is 281 g/mol. The summed E-state index contributed by atoms with van der Waals surface area (Å²) in [5.74, 6) is 1.13. The Kier molecular flexibility index (Phi) is 6.30. The molecule has 1 aliphatic carbocycles. The molecule has 0 unspecified atom stereocenters. The van der Waals surface area contributed by atoms with Gasteiger partial charge in [0.1, 0.15) is 0 Å². The first-order valence-corrected chi connectivity index (χ1v) is 8.46. The van der Waals surface area contributed by atoms with Crippen molar-refractivity contribution in [3.05, 3.63) is 0 Å². The van der Waals surface area contributed by atoms with Crippen molar-refractivity contribution in [2.45, 2.75) is 52.0 Å². The van der Waals surface area contributed by atoms with Gasteiger partial charge >= 0.3 is 0 Å². The summed E-state index contributed by atoms with van der Waals surface area (Å²) in [6, 6.07) is 0.711. The molecule has 2 aliphatic rings. The maximum atomic E-state index is 12.1. The molecule has 1 heterocycles. The number of rotatable bonds is 8. The molecule has 4 nitrogen and oxygen atoms in total. The predicted molar refractivity (Wildman–Crippen MR) is 82.7 cm³/mol. The van der Waals surface area contributed by atoms with Crippen LogP contribution in [0.25, 0.3) is 0 Å². The van der Waals surface area contributed by atoms with E-state index in [0.29, 0.717) is 18.4 Å². The van der Waals surface area contributed by atoms with E-state index >= 15 is 0 Å². The molecule has 1 saturated carbocycles. The van der Waals surface area contributed by atoms with Crippen LogP contribution >= 0.6 is 0 Å². The summed E-state index contributed by atoms with van der Waals surface area (Å²) in [4.78, 5) is 16.7. The standard InChI is InChI=1S/C16H31N3O/c1-3-18(4-2)13-14-8-11-19(12-9-14)16(20)7-10-17-15-5-6-15/h14-15,17H,3-13H2,1-2H3. The highest BCUT2D eigenvalue weighted by Gasteiger charge is 2.24. The first-order valence-electron chi connectivity index (χ1n) is 8.46. The lowest BCUT2D eigenvalue weighted by atomic mass is 9.96. The lowest BCUT2D eigenvalue weighted by molar-refractivity contribution is -0.132. The molecule has 0 atom stereocenters. The van der Waals surface area contributed by atoms with E-state index in [-0.39, 0.29) is 0 Å². The Morgan fingerprint density at radius 2 is 1.80 bits per heavy atom. The van der Waals surface area contributed by atoms with Crippen molar-refractivity contribution < 1.29 is 4.79 Å². The van der Waals surface area contributed by atoms with E-state index in [2.05, 4.69) is 29.0 Å². The number of piperidine rings is 1. The predicted octanol–water partition coefficient (Wildman–Crippen LogP) is 1.71. The fourth-order valence-corrected chi connectivity index (χ4v) is 3.04. The van der Waals surface area contributed by atoms with Gasteiger partial charge in [-0.2, -0.15) is 0 Å². The molecule has 2 fully saturated rings. The van der Waals surface area contributed by atoms with Crippen LogP contribution in [0, 0.1) is 5.92 Å². The zero-order valence-electron chi connectivity index (χ0n) is 13.2. The average Bonchev–Trinajstić information content (AvgIpc) is 3.29. The molecule has 1 aliphatic heterocycles. The lowest BCUT2D eigenvalue weighted by Gasteiger charge is -2.34. The molecule has 4 heteroatoms. The Bertz CT molecular complexity index is 292. The van der Waals surface area contributed by atoms with Crippen molar-refractivity contribution in [1.82, 2.24) is 15.1 Å². The molecular formula is C16H31N3O. The van der Waals surface area contributed by atoms with Gasteiger partial charge in [0.15, 0.2) is 0 Å². The van der Waals surface area contributed by atoms with Crippen LogP contribution in [0.1, 0.15) is 46.0 Å². The molecule has 1 N–H and O–H groups in total. The van der Waals surface area contributed by atoms with Crippen LogP contribution in [0.5, 0.6) is 0 Å². The lowest BCUT2D eigenvalue weighted by Crippen LogP contribution is -2.42. The van der Waals surface area contributed by atoms with E-state index in [0.717, 1.165) is 38.6 Å². The first-order chi connectivity index (χ1) is 9.72. The number of carbonyl (C=O) groups is 1. The summed E-state index contributed by atoms with van der Waals surface area (Å²) in [5.41, 5.74) is 0. The SMILES string of the molecule is CCN(CC)CC1CCN(C(=O)CCNC2CC2)CC1. The van der Waals surface area contributed by atoms with Gasteiger partial charge < -0.3 is 15.1 Å². The van der Waals surface area contributed by atoms with Crippen LogP contribution in [0.3, 0.4) is 0 Å². The molecule has 20 heavy (non-hydrogen) atoms. The third kappa shape index (κ3) is 5.06. The topological polar surface area (TPSA) is 35.6 Å². The Morgan fingerprint density at radius 3 is 2.35 bits per heavy atom. The van der Waals surface area contributed by atoms with Gasteiger partial charge in [0.05, 0.1) is 0 Å². The van der Waals surface area contributed by atoms with Crippen LogP contribution in [-0.2, 0) is 4.79 Å². The second-order valence-electron chi connectivity index (χ2n) is 6.29. The number of nitrogens with one attached hydrogen (secondary N) is 1. The van der Waals surface area contributed by atoms with Crippen LogP contribution in [-0.4, -0.2) is 61.0 Å². The van der Waals surface area contributed by atoms with Crippen molar-refractivity contribution in [1.29, 1.82) is 0 Å². The second-order valence-corrected chi connectivity index (χ2v) is 6.29. The summed E-state index contributed by atoms with van der Waals surface area (Å²) in [7, 11) is 0. The smallest absolute Gasteiger partial charge is 0.223 e. The van der Waals surface area contributed by atoms with Crippen molar-refractivity contribution in [3.63, 3.8) is 0 Å². The molecule has 0 bridgehead atoms. The zero-order chi connectivity index (χ0) is 14.4. The third-order valence-electron chi connectivity index (χ3n) is 4.73. The van der Waals surface area contributed by atoms with Gasteiger partial charge in [-0.05, 0) is 44.7 Å².